The van der Waals surface area contributed by atoms with E-state index in [0.29, 0.717) is 12.5 Å². The zero-order valence-electron chi connectivity index (χ0n) is 13.0. The number of nitrogens with one attached hydrogen (secondary N) is 1. The summed E-state index contributed by atoms with van der Waals surface area (Å²) in [6, 6.07) is 7.21. The molecule has 0 spiro atoms. The molecule has 1 saturated heterocycles. The zero-order valence-corrected chi connectivity index (χ0v) is 13.0. The van der Waals surface area contributed by atoms with Crippen molar-refractivity contribution in [3.63, 3.8) is 0 Å². The molecular formula is C18H24N2O. The molecule has 0 aliphatic carbocycles. The van der Waals surface area contributed by atoms with E-state index < -0.39 is 0 Å². The summed E-state index contributed by atoms with van der Waals surface area (Å²) in [7, 11) is 2.23. The van der Waals surface area contributed by atoms with Crippen LogP contribution in [-0.2, 0) is 17.6 Å². The number of carbonyl (C=O) groups excluding carboxylic acids is 1. The molecule has 1 atom stereocenters. The number of aromatic amines is 1. The van der Waals surface area contributed by atoms with E-state index in [1.54, 1.807) is 6.92 Å². The largest absolute Gasteiger partial charge is 0.361 e. The Bertz CT molecular complexity index is 644. The third-order valence-electron chi connectivity index (χ3n) is 4.72. The SMILES string of the molecule is CC(=O)CCc1ccc2[nH]cc(C[C@H]3CCCN3C)c2c1. The summed E-state index contributed by atoms with van der Waals surface area (Å²) in [5.74, 6) is 0.261. The molecule has 0 saturated carbocycles. The number of H-pyrrole nitrogens is 1. The van der Waals surface area contributed by atoms with Crippen LogP contribution in [0, 0.1) is 0 Å². The molecular weight excluding hydrogens is 260 g/mol. The van der Waals surface area contributed by atoms with E-state index in [4.69, 9.17) is 0 Å². The average Bonchev–Trinajstić information content (AvgIpc) is 3.04. The quantitative estimate of drug-likeness (QED) is 0.914. The molecule has 3 rings (SSSR count). The van der Waals surface area contributed by atoms with Crippen molar-refractivity contribution in [3.05, 3.63) is 35.5 Å². The van der Waals surface area contributed by atoms with E-state index in [9.17, 15) is 4.79 Å². The first-order chi connectivity index (χ1) is 10.1. The number of rotatable bonds is 5. The van der Waals surface area contributed by atoms with Crippen LogP contribution in [0.2, 0.25) is 0 Å². The normalized spacial score (nSPS) is 19.4. The third-order valence-corrected chi connectivity index (χ3v) is 4.72. The van der Waals surface area contributed by atoms with Crippen molar-refractivity contribution in [3.8, 4) is 0 Å². The number of fused-ring (bicyclic) bond motifs is 1. The molecule has 0 bridgehead atoms. The van der Waals surface area contributed by atoms with E-state index >= 15 is 0 Å². The van der Waals surface area contributed by atoms with Gasteiger partial charge in [-0.1, -0.05) is 6.07 Å². The first kappa shape index (κ1) is 14.3. The van der Waals surface area contributed by atoms with Crippen LogP contribution in [-0.4, -0.2) is 35.3 Å². The van der Waals surface area contributed by atoms with Crippen LogP contribution in [0.4, 0.5) is 0 Å². The van der Waals surface area contributed by atoms with E-state index in [0.717, 1.165) is 12.8 Å². The van der Waals surface area contributed by atoms with Crippen molar-refractivity contribution < 1.29 is 4.79 Å². The molecule has 2 aromatic rings. The fraction of sp³-hybridized carbons (Fsp3) is 0.500. The summed E-state index contributed by atoms with van der Waals surface area (Å²) in [6.45, 7) is 2.88. The number of nitrogens with zero attached hydrogens (tertiary/aromatic N) is 1. The van der Waals surface area contributed by atoms with Crippen LogP contribution in [0.1, 0.15) is 37.3 Å². The highest BCUT2D eigenvalue weighted by molar-refractivity contribution is 5.84. The molecule has 21 heavy (non-hydrogen) atoms. The van der Waals surface area contributed by atoms with Crippen LogP contribution in [0.3, 0.4) is 0 Å². The number of aryl methyl sites for hydroxylation is 1. The van der Waals surface area contributed by atoms with Gasteiger partial charge in [-0.2, -0.15) is 0 Å². The van der Waals surface area contributed by atoms with Crippen LogP contribution in [0.25, 0.3) is 10.9 Å². The van der Waals surface area contributed by atoms with Gasteiger partial charge in [-0.3, -0.25) is 0 Å². The number of likely N-dealkylation sites (N-methyl/N-ethyl adjacent to an activating group) is 1. The Morgan fingerprint density at radius 2 is 2.29 bits per heavy atom. The number of aromatic nitrogens is 1. The summed E-state index contributed by atoms with van der Waals surface area (Å²) in [5.41, 5.74) is 3.88. The maximum Gasteiger partial charge on any atom is 0.130 e. The van der Waals surface area contributed by atoms with Gasteiger partial charge in [0.1, 0.15) is 5.78 Å². The summed E-state index contributed by atoms with van der Waals surface area (Å²) in [5, 5.41) is 1.33. The minimum Gasteiger partial charge on any atom is -0.361 e. The predicted molar refractivity (Wildman–Crippen MR) is 86.7 cm³/mol. The Kier molecular flexibility index (Phi) is 4.11. The molecule has 0 unspecified atom stereocenters. The highest BCUT2D eigenvalue weighted by atomic mass is 16.1. The minimum atomic E-state index is 0.261. The van der Waals surface area contributed by atoms with Crippen LogP contribution in [0.5, 0.6) is 0 Å². The predicted octanol–water partition coefficient (Wildman–Crippen LogP) is 3.33. The van der Waals surface area contributed by atoms with Gasteiger partial charge in [-0.15, -0.1) is 0 Å². The second kappa shape index (κ2) is 6.02. The zero-order chi connectivity index (χ0) is 14.8. The Labute approximate surface area is 126 Å². The van der Waals surface area contributed by atoms with Crippen LogP contribution >= 0.6 is 0 Å². The molecule has 0 amide bonds. The second-order valence-electron chi connectivity index (χ2n) is 6.38. The standard InChI is InChI=1S/C18H24N2O/c1-13(21)5-6-14-7-8-18-17(10-14)15(12-19-18)11-16-4-3-9-20(16)2/h7-8,10,12,16,19H,3-6,9,11H2,1-2H3/t16-/m1/s1. The summed E-state index contributed by atoms with van der Waals surface area (Å²) >= 11 is 0. The molecule has 3 heteroatoms. The summed E-state index contributed by atoms with van der Waals surface area (Å²) in [6.07, 6.45) is 7.37. The average molecular weight is 284 g/mol. The fourth-order valence-electron chi connectivity index (χ4n) is 3.36. The molecule has 1 fully saturated rings. The first-order valence-corrected chi connectivity index (χ1v) is 7.92. The topological polar surface area (TPSA) is 36.1 Å². The molecule has 0 radical (unpaired) electrons. The first-order valence-electron chi connectivity index (χ1n) is 7.92. The third kappa shape index (κ3) is 3.18. The number of benzene rings is 1. The number of carbonyl (C=O) groups is 1. The Morgan fingerprint density at radius 3 is 3.00 bits per heavy atom. The lowest BCUT2D eigenvalue weighted by Crippen LogP contribution is -2.26. The lowest BCUT2D eigenvalue weighted by molar-refractivity contribution is -0.116. The number of Topliss-reactive ketones (excluding diaryl/α,β-unsaturated/α-hetero) is 1. The van der Waals surface area contributed by atoms with Gasteiger partial charge in [0, 0.05) is 29.6 Å². The van der Waals surface area contributed by atoms with Crippen molar-refractivity contribution in [1.82, 2.24) is 9.88 Å². The molecule has 2 heterocycles. The number of hydrogen-bond acceptors (Lipinski definition) is 2. The van der Waals surface area contributed by atoms with E-state index in [2.05, 4.69) is 41.3 Å². The molecule has 112 valence electrons. The number of hydrogen-bond donors (Lipinski definition) is 1. The molecule has 1 aliphatic heterocycles. The Hall–Kier alpha value is -1.61. The Balaban J connectivity index is 1.81. The summed E-state index contributed by atoms with van der Waals surface area (Å²) in [4.78, 5) is 17.0. The van der Waals surface area contributed by atoms with Gasteiger partial charge in [-0.25, -0.2) is 0 Å². The van der Waals surface area contributed by atoms with E-state index in [1.807, 2.05) is 0 Å². The van der Waals surface area contributed by atoms with E-state index in [1.165, 1.54) is 41.4 Å². The smallest absolute Gasteiger partial charge is 0.130 e. The van der Waals surface area contributed by atoms with Crippen molar-refractivity contribution in [1.29, 1.82) is 0 Å². The number of ketones is 1. The molecule has 3 nitrogen and oxygen atoms in total. The molecule has 1 aliphatic rings. The highest BCUT2D eigenvalue weighted by Crippen LogP contribution is 2.25. The van der Waals surface area contributed by atoms with Gasteiger partial charge >= 0.3 is 0 Å². The summed E-state index contributed by atoms with van der Waals surface area (Å²) < 4.78 is 0. The van der Waals surface area contributed by atoms with Gasteiger partial charge in [0.2, 0.25) is 0 Å². The van der Waals surface area contributed by atoms with Crippen molar-refractivity contribution in [2.75, 3.05) is 13.6 Å². The van der Waals surface area contributed by atoms with Crippen molar-refractivity contribution in [2.24, 2.45) is 0 Å². The minimum absolute atomic E-state index is 0.261. The molecule has 1 N–H and O–H groups in total. The van der Waals surface area contributed by atoms with Crippen LogP contribution < -0.4 is 0 Å². The lowest BCUT2D eigenvalue weighted by atomic mass is 10.0. The van der Waals surface area contributed by atoms with Gasteiger partial charge in [0.05, 0.1) is 0 Å². The van der Waals surface area contributed by atoms with E-state index in [-0.39, 0.29) is 5.78 Å². The van der Waals surface area contributed by atoms with Crippen molar-refractivity contribution >= 4 is 16.7 Å². The van der Waals surface area contributed by atoms with Gasteiger partial charge in [0.15, 0.2) is 0 Å². The second-order valence-corrected chi connectivity index (χ2v) is 6.38. The lowest BCUT2D eigenvalue weighted by Gasteiger charge is -2.18. The van der Waals surface area contributed by atoms with Crippen LogP contribution in [0.15, 0.2) is 24.4 Å². The molecule has 1 aromatic carbocycles. The fourth-order valence-corrected chi connectivity index (χ4v) is 3.36. The van der Waals surface area contributed by atoms with Gasteiger partial charge in [-0.05, 0) is 69.5 Å². The molecule has 1 aromatic heterocycles. The monoisotopic (exact) mass is 284 g/mol. The maximum atomic E-state index is 11.2. The van der Waals surface area contributed by atoms with Gasteiger partial charge in [0.25, 0.3) is 0 Å². The van der Waals surface area contributed by atoms with Gasteiger partial charge < -0.3 is 14.7 Å². The Morgan fingerprint density at radius 1 is 1.43 bits per heavy atom. The van der Waals surface area contributed by atoms with Crippen molar-refractivity contribution in [2.45, 2.75) is 45.1 Å². The highest BCUT2D eigenvalue weighted by Gasteiger charge is 2.22. The number of likely N-dealkylation sites (tertiary alicyclic amines) is 1. The maximum absolute atomic E-state index is 11.2.